The van der Waals surface area contributed by atoms with Crippen molar-refractivity contribution in [3.63, 3.8) is 0 Å². The molecule has 0 bridgehead atoms. The van der Waals surface area contributed by atoms with E-state index in [1.54, 1.807) is 0 Å². The van der Waals surface area contributed by atoms with Crippen LogP contribution in [0.4, 0.5) is 0 Å². The van der Waals surface area contributed by atoms with Crippen LogP contribution in [0.2, 0.25) is 0 Å². The molecule has 2 nitrogen and oxygen atoms in total. The van der Waals surface area contributed by atoms with Gasteiger partial charge in [-0.05, 0) is 34.6 Å². The van der Waals surface area contributed by atoms with E-state index < -0.39 is 0 Å². The van der Waals surface area contributed by atoms with E-state index in [9.17, 15) is 4.79 Å². The Balaban J connectivity index is 2.12. The van der Waals surface area contributed by atoms with Crippen molar-refractivity contribution in [3.05, 3.63) is 41.5 Å². The van der Waals surface area contributed by atoms with Crippen LogP contribution in [0.1, 0.15) is 51.7 Å². The number of carbonyl (C=O) groups excluding carboxylic acids is 1. The number of benzene rings is 1. The second-order valence-corrected chi connectivity index (χ2v) is 6.89. The van der Waals surface area contributed by atoms with Crippen LogP contribution in [0, 0.1) is 5.41 Å². The molecule has 0 saturated carbocycles. The summed E-state index contributed by atoms with van der Waals surface area (Å²) >= 11 is 0. The standard InChI is InChI=1S/C18H25NO/c1-13(2)19-12-14-5-7-15(8-6-14)16-9-17(20)11-18(3,4)10-16/h5-9,13,19H,10-12H2,1-4H3. The first-order valence-electron chi connectivity index (χ1n) is 7.42. The fourth-order valence-corrected chi connectivity index (χ4v) is 2.69. The van der Waals surface area contributed by atoms with E-state index in [1.807, 2.05) is 6.08 Å². The Kier molecular flexibility index (Phi) is 4.44. The van der Waals surface area contributed by atoms with Crippen molar-refractivity contribution < 1.29 is 4.79 Å². The summed E-state index contributed by atoms with van der Waals surface area (Å²) in [6.07, 6.45) is 3.46. The molecule has 0 atom stereocenters. The number of rotatable bonds is 4. The fourth-order valence-electron chi connectivity index (χ4n) is 2.69. The third-order valence-corrected chi connectivity index (χ3v) is 3.70. The van der Waals surface area contributed by atoms with Gasteiger partial charge >= 0.3 is 0 Å². The Hall–Kier alpha value is -1.41. The van der Waals surface area contributed by atoms with Crippen LogP contribution >= 0.6 is 0 Å². The van der Waals surface area contributed by atoms with Gasteiger partial charge in [-0.1, -0.05) is 52.0 Å². The SMILES string of the molecule is CC(C)NCc1ccc(C2=CC(=O)CC(C)(C)C2)cc1. The maximum atomic E-state index is 11.8. The molecule has 1 aromatic rings. The minimum atomic E-state index is 0.0824. The lowest BCUT2D eigenvalue weighted by atomic mass is 9.75. The van der Waals surface area contributed by atoms with E-state index in [1.165, 1.54) is 16.7 Å². The molecule has 1 aliphatic rings. The molecule has 0 heterocycles. The van der Waals surface area contributed by atoms with Gasteiger partial charge < -0.3 is 5.32 Å². The summed E-state index contributed by atoms with van der Waals surface area (Å²) in [6.45, 7) is 9.52. The highest BCUT2D eigenvalue weighted by Gasteiger charge is 2.27. The molecule has 20 heavy (non-hydrogen) atoms. The molecule has 0 aliphatic heterocycles. The summed E-state index contributed by atoms with van der Waals surface area (Å²) in [4.78, 5) is 11.8. The van der Waals surface area contributed by atoms with Crippen LogP contribution in [-0.4, -0.2) is 11.8 Å². The van der Waals surface area contributed by atoms with Crippen LogP contribution in [0.3, 0.4) is 0 Å². The lowest BCUT2D eigenvalue weighted by molar-refractivity contribution is -0.116. The average molecular weight is 271 g/mol. The minimum absolute atomic E-state index is 0.0824. The maximum absolute atomic E-state index is 11.8. The van der Waals surface area contributed by atoms with Crippen molar-refractivity contribution in [3.8, 4) is 0 Å². The van der Waals surface area contributed by atoms with Crippen molar-refractivity contribution in [2.45, 2.75) is 53.1 Å². The highest BCUT2D eigenvalue weighted by atomic mass is 16.1. The first-order valence-corrected chi connectivity index (χ1v) is 7.42. The Bertz CT molecular complexity index is 509. The first-order chi connectivity index (χ1) is 9.35. The Labute approximate surface area is 122 Å². The molecule has 2 rings (SSSR count). The maximum Gasteiger partial charge on any atom is 0.156 e. The highest BCUT2D eigenvalue weighted by Crippen LogP contribution is 2.37. The zero-order valence-electron chi connectivity index (χ0n) is 13.0. The molecule has 1 aromatic carbocycles. The van der Waals surface area contributed by atoms with E-state index in [-0.39, 0.29) is 11.2 Å². The van der Waals surface area contributed by atoms with Gasteiger partial charge in [-0.25, -0.2) is 0 Å². The van der Waals surface area contributed by atoms with Gasteiger partial charge in [0.15, 0.2) is 5.78 Å². The zero-order valence-corrected chi connectivity index (χ0v) is 13.0. The van der Waals surface area contributed by atoms with E-state index in [0.717, 1.165) is 13.0 Å². The molecule has 0 aromatic heterocycles. The average Bonchev–Trinajstić information content (AvgIpc) is 2.34. The van der Waals surface area contributed by atoms with E-state index in [4.69, 9.17) is 0 Å². The minimum Gasteiger partial charge on any atom is -0.310 e. The molecule has 2 heteroatoms. The fraction of sp³-hybridized carbons (Fsp3) is 0.500. The summed E-state index contributed by atoms with van der Waals surface area (Å²) in [5.41, 5.74) is 3.72. The van der Waals surface area contributed by atoms with Gasteiger partial charge in [-0.3, -0.25) is 4.79 Å². The third-order valence-electron chi connectivity index (χ3n) is 3.70. The summed E-state index contributed by atoms with van der Waals surface area (Å²) in [6, 6.07) is 9.07. The topological polar surface area (TPSA) is 29.1 Å². The highest BCUT2D eigenvalue weighted by molar-refractivity contribution is 5.99. The van der Waals surface area contributed by atoms with Crippen molar-refractivity contribution in [1.82, 2.24) is 5.32 Å². The van der Waals surface area contributed by atoms with E-state index in [2.05, 4.69) is 57.3 Å². The van der Waals surface area contributed by atoms with Crippen LogP contribution in [0.15, 0.2) is 30.3 Å². The molecule has 1 N–H and O–H groups in total. The van der Waals surface area contributed by atoms with Gasteiger partial charge in [-0.2, -0.15) is 0 Å². The molecule has 0 amide bonds. The normalized spacial score (nSPS) is 18.2. The van der Waals surface area contributed by atoms with Gasteiger partial charge in [0.05, 0.1) is 0 Å². The molecule has 0 unspecified atom stereocenters. The number of hydrogen-bond donors (Lipinski definition) is 1. The quantitative estimate of drug-likeness (QED) is 0.898. The van der Waals surface area contributed by atoms with Crippen LogP contribution < -0.4 is 5.32 Å². The van der Waals surface area contributed by atoms with Crippen molar-refractivity contribution in [1.29, 1.82) is 0 Å². The lowest BCUT2D eigenvalue weighted by Crippen LogP contribution is -2.22. The molecule has 0 saturated heterocycles. The Morgan fingerprint density at radius 3 is 2.35 bits per heavy atom. The first kappa shape index (κ1) is 15.0. The Morgan fingerprint density at radius 2 is 1.80 bits per heavy atom. The summed E-state index contributed by atoms with van der Waals surface area (Å²) in [5.74, 6) is 0.252. The second-order valence-electron chi connectivity index (χ2n) is 6.89. The van der Waals surface area contributed by atoms with Crippen molar-refractivity contribution >= 4 is 11.4 Å². The largest absolute Gasteiger partial charge is 0.310 e. The van der Waals surface area contributed by atoms with Crippen LogP contribution in [0.5, 0.6) is 0 Å². The van der Waals surface area contributed by atoms with Gasteiger partial charge in [0, 0.05) is 19.0 Å². The summed E-state index contributed by atoms with van der Waals surface area (Å²) < 4.78 is 0. The monoisotopic (exact) mass is 271 g/mol. The van der Waals surface area contributed by atoms with Gasteiger partial charge in [0.2, 0.25) is 0 Å². The molecule has 0 radical (unpaired) electrons. The second kappa shape index (κ2) is 5.92. The van der Waals surface area contributed by atoms with Crippen molar-refractivity contribution in [2.24, 2.45) is 5.41 Å². The number of hydrogen-bond acceptors (Lipinski definition) is 2. The molecular weight excluding hydrogens is 246 g/mol. The number of nitrogens with one attached hydrogen (secondary N) is 1. The summed E-state index contributed by atoms with van der Waals surface area (Å²) in [5, 5.41) is 3.41. The molecule has 108 valence electrons. The predicted octanol–water partition coefficient (Wildman–Crippen LogP) is 3.96. The van der Waals surface area contributed by atoms with E-state index >= 15 is 0 Å². The number of allylic oxidation sites excluding steroid dienone is 2. The predicted molar refractivity (Wildman–Crippen MR) is 84.4 cm³/mol. The van der Waals surface area contributed by atoms with Gasteiger partial charge in [0.25, 0.3) is 0 Å². The third kappa shape index (κ3) is 4.04. The van der Waals surface area contributed by atoms with Crippen LogP contribution in [-0.2, 0) is 11.3 Å². The zero-order chi connectivity index (χ0) is 14.8. The Morgan fingerprint density at radius 1 is 1.15 bits per heavy atom. The van der Waals surface area contributed by atoms with Crippen LogP contribution in [0.25, 0.3) is 5.57 Å². The number of ketones is 1. The molecule has 1 aliphatic carbocycles. The molecule has 0 fully saturated rings. The molecule has 0 spiro atoms. The lowest BCUT2D eigenvalue weighted by Gasteiger charge is -2.29. The smallest absolute Gasteiger partial charge is 0.156 e. The van der Waals surface area contributed by atoms with Gasteiger partial charge in [0.1, 0.15) is 0 Å². The number of carbonyl (C=O) groups is 1. The van der Waals surface area contributed by atoms with Gasteiger partial charge in [-0.15, -0.1) is 0 Å². The van der Waals surface area contributed by atoms with Crippen molar-refractivity contribution in [2.75, 3.05) is 0 Å². The molecular formula is C18H25NO. The summed E-state index contributed by atoms with van der Waals surface area (Å²) in [7, 11) is 0. The van der Waals surface area contributed by atoms with E-state index in [0.29, 0.717) is 12.5 Å².